The Bertz CT molecular complexity index is 586. The molecule has 17 heavy (non-hydrogen) atoms. The number of rotatable bonds is 1. The third kappa shape index (κ3) is 1.95. The van der Waals surface area contributed by atoms with E-state index in [1.165, 1.54) is 24.5 Å². The monoisotopic (exact) mass is 227 g/mol. The first-order chi connectivity index (χ1) is 8.34. The Morgan fingerprint density at radius 3 is 2.88 bits per heavy atom. The molecule has 0 bridgehead atoms. The fraction of sp³-hybridized carbons (Fsp3) is 0.267. The Morgan fingerprint density at radius 2 is 2.06 bits per heavy atom. The second-order valence-corrected chi connectivity index (χ2v) is 4.50. The molecule has 1 aliphatic carbocycles. The van der Waals surface area contributed by atoms with E-state index in [0.29, 0.717) is 0 Å². The molecule has 3 rings (SSSR count). The number of nitrogens with zero attached hydrogens (tertiary/aromatic N) is 1. The highest BCUT2D eigenvalue weighted by Gasteiger charge is 2.10. The fourth-order valence-corrected chi connectivity index (χ4v) is 2.48. The van der Waals surface area contributed by atoms with Gasteiger partial charge in [-0.25, -0.2) is 4.39 Å². The van der Waals surface area contributed by atoms with Crippen molar-refractivity contribution in [2.24, 2.45) is 0 Å². The van der Waals surface area contributed by atoms with Crippen molar-refractivity contribution in [3.8, 4) is 0 Å². The van der Waals surface area contributed by atoms with Crippen LogP contribution in [0.1, 0.15) is 31.2 Å². The lowest BCUT2D eigenvalue weighted by molar-refractivity contribution is 0.629. The van der Waals surface area contributed by atoms with Gasteiger partial charge in [0.05, 0.1) is 5.52 Å². The van der Waals surface area contributed by atoms with Crippen LogP contribution in [0.25, 0.3) is 16.5 Å². The number of pyridine rings is 1. The number of halogens is 1. The molecule has 2 heteroatoms. The summed E-state index contributed by atoms with van der Waals surface area (Å²) < 4.78 is 13.3. The minimum Gasteiger partial charge on any atom is -0.256 e. The summed E-state index contributed by atoms with van der Waals surface area (Å²) >= 11 is 0. The van der Waals surface area contributed by atoms with Gasteiger partial charge in [-0.15, -0.1) is 0 Å². The van der Waals surface area contributed by atoms with Crippen molar-refractivity contribution in [3.05, 3.63) is 47.9 Å². The molecule has 1 heterocycles. The molecule has 0 saturated heterocycles. The summed E-state index contributed by atoms with van der Waals surface area (Å²) in [5.41, 5.74) is 3.36. The molecule has 0 unspecified atom stereocenters. The van der Waals surface area contributed by atoms with E-state index in [9.17, 15) is 4.39 Å². The summed E-state index contributed by atoms with van der Waals surface area (Å²) in [5.74, 6) is -0.192. The summed E-state index contributed by atoms with van der Waals surface area (Å²) in [4.78, 5) is 4.28. The topological polar surface area (TPSA) is 12.9 Å². The van der Waals surface area contributed by atoms with Gasteiger partial charge in [-0.2, -0.15) is 0 Å². The summed E-state index contributed by atoms with van der Waals surface area (Å²) in [5, 5.41) is 0.931. The number of aromatic nitrogens is 1. The van der Waals surface area contributed by atoms with Crippen molar-refractivity contribution < 1.29 is 4.39 Å². The number of hydrogen-bond donors (Lipinski definition) is 0. The maximum atomic E-state index is 13.3. The molecule has 0 spiro atoms. The first-order valence-electron chi connectivity index (χ1n) is 6.08. The number of allylic oxidation sites excluding steroid dienone is 2. The van der Waals surface area contributed by atoms with Gasteiger partial charge in [-0.3, -0.25) is 4.98 Å². The van der Waals surface area contributed by atoms with E-state index >= 15 is 0 Å². The van der Waals surface area contributed by atoms with Gasteiger partial charge in [0.1, 0.15) is 5.82 Å². The quantitative estimate of drug-likeness (QED) is 0.706. The normalized spacial score (nSPS) is 15.9. The molecule has 0 aliphatic heterocycles. The van der Waals surface area contributed by atoms with E-state index in [1.807, 2.05) is 12.3 Å². The molecule has 0 fully saturated rings. The fourth-order valence-electron chi connectivity index (χ4n) is 2.48. The SMILES string of the molecule is Fc1ccc2nccc(C3=CCCCC3)c2c1. The van der Waals surface area contributed by atoms with E-state index in [2.05, 4.69) is 11.1 Å². The zero-order valence-corrected chi connectivity index (χ0v) is 9.62. The molecule has 86 valence electrons. The van der Waals surface area contributed by atoms with Crippen LogP contribution in [-0.4, -0.2) is 4.98 Å². The maximum Gasteiger partial charge on any atom is 0.123 e. The number of benzene rings is 1. The lowest BCUT2D eigenvalue weighted by Gasteiger charge is -2.14. The van der Waals surface area contributed by atoms with E-state index in [1.54, 1.807) is 12.1 Å². The Morgan fingerprint density at radius 1 is 1.12 bits per heavy atom. The van der Waals surface area contributed by atoms with E-state index in [0.717, 1.165) is 29.3 Å². The second-order valence-electron chi connectivity index (χ2n) is 4.50. The van der Waals surface area contributed by atoms with Crippen LogP contribution in [-0.2, 0) is 0 Å². The highest BCUT2D eigenvalue weighted by Crippen LogP contribution is 2.31. The largest absolute Gasteiger partial charge is 0.256 e. The molecule has 1 nitrogen and oxygen atoms in total. The predicted octanol–water partition coefficient (Wildman–Crippen LogP) is 4.33. The lowest BCUT2D eigenvalue weighted by Crippen LogP contribution is -1.94. The molecular weight excluding hydrogens is 213 g/mol. The molecule has 1 aliphatic rings. The summed E-state index contributed by atoms with van der Waals surface area (Å²) in [6, 6.07) is 6.80. The number of fused-ring (bicyclic) bond motifs is 1. The standard InChI is InChI=1S/C15H14FN/c16-12-6-7-15-14(10-12)13(8-9-17-15)11-4-2-1-3-5-11/h4,6-10H,1-3,5H2. The van der Waals surface area contributed by atoms with Gasteiger partial charge in [0.25, 0.3) is 0 Å². The summed E-state index contributed by atoms with van der Waals surface area (Å²) in [6.45, 7) is 0. The molecule has 0 saturated carbocycles. The minimum absolute atomic E-state index is 0.192. The van der Waals surface area contributed by atoms with Gasteiger partial charge in [0.15, 0.2) is 0 Å². The van der Waals surface area contributed by atoms with Crippen LogP contribution in [0, 0.1) is 5.82 Å². The first kappa shape index (κ1) is 10.5. The average Bonchev–Trinajstić information content (AvgIpc) is 2.39. The van der Waals surface area contributed by atoms with E-state index in [-0.39, 0.29) is 5.82 Å². The van der Waals surface area contributed by atoms with E-state index in [4.69, 9.17) is 0 Å². The van der Waals surface area contributed by atoms with Crippen molar-refractivity contribution >= 4 is 16.5 Å². The van der Waals surface area contributed by atoms with Gasteiger partial charge in [0, 0.05) is 11.6 Å². The Labute approximate surface area is 100.0 Å². The predicted molar refractivity (Wildman–Crippen MR) is 68.1 cm³/mol. The maximum absolute atomic E-state index is 13.3. The smallest absolute Gasteiger partial charge is 0.123 e. The number of hydrogen-bond acceptors (Lipinski definition) is 1. The van der Waals surface area contributed by atoms with Crippen molar-refractivity contribution in [2.75, 3.05) is 0 Å². The van der Waals surface area contributed by atoms with Crippen LogP contribution in [0.2, 0.25) is 0 Å². The Balaban J connectivity index is 2.21. The van der Waals surface area contributed by atoms with Gasteiger partial charge in [-0.05, 0) is 61.1 Å². The second kappa shape index (κ2) is 4.28. The zero-order valence-electron chi connectivity index (χ0n) is 9.62. The summed E-state index contributed by atoms with van der Waals surface area (Å²) in [7, 11) is 0. The third-order valence-corrected chi connectivity index (χ3v) is 3.34. The molecule has 1 aromatic carbocycles. The van der Waals surface area contributed by atoms with Crippen molar-refractivity contribution in [1.82, 2.24) is 4.98 Å². The van der Waals surface area contributed by atoms with Gasteiger partial charge < -0.3 is 0 Å². The van der Waals surface area contributed by atoms with Crippen LogP contribution in [0.3, 0.4) is 0 Å². The highest BCUT2D eigenvalue weighted by molar-refractivity contribution is 5.91. The molecule has 1 aromatic heterocycles. The molecule has 2 aromatic rings. The first-order valence-corrected chi connectivity index (χ1v) is 6.08. The van der Waals surface area contributed by atoms with Crippen molar-refractivity contribution in [1.29, 1.82) is 0 Å². The van der Waals surface area contributed by atoms with Crippen LogP contribution >= 0.6 is 0 Å². The molecule has 0 atom stereocenters. The Hall–Kier alpha value is -1.70. The molecule has 0 N–H and O–H groups in total. The highest BCUT2D eigenvalue weighted by atomic mass is 19.1. The van der Waals surface area contributed by atoms with E-state index < -0.39 is 0 Å². The Kier molecular flexibility index (Phi) is 2.63. The van der Waals surface area contributed by atoms with Crippen LogP contribution in [0.4, 0.5) is 4.39 Å². The van der Waals surface area contributed by atoms with Crippen molar-refractivity contribution in [2.45, 2.75) is 25.7 Å². The average molecular weight is 227 g/mol. The van der Waals surface area contributed by atoms with Crippen LogP contribution < -0.4 is 0 Å². The molecule has 0 radical (unpaired) electrons. The third-order valence-electron chi connectivity index (χ3n) is 3.34. The molecule has 0 amide bonds. The lowest BCUT2D eigenvalue weighted by atomic mass is 9.92. The van der Waals surface area contributed by atoms with Gasteiger partial charge >= 0.3 is 0 Å². The van der Waals surface area contributed by atoms with Gasteiger partial charge in [-0.1, -0.05) is 6.08 Å². The molecular formula is C15H14FN. The van der Waals surface area contributed by atoms with Crippen molar-refractivity contribution in [3.63, 3.8) is 0 Å². The minimum atomic E-state index is -0.192. The van der Waals surface area contributed by atoms with Crippen LogP contribution in [0.5, 0.6) is 0 Å². The van der Waals surface area contributed by atoms with Gasteiger partial charge in [0.2, 0.25) is 0 Å². The summed E-state index contributed by atoms with van der Waals surface area (Å²) in [6.07, 6.45) is 8.81. The van der Waals surface area contributed by atoms with Crippen LogP contribution in [0.15, 0.2) is 36.5 Å². The zero-order chi connectivity index (χ0) is 11.7.